The number of aliphatic hydroxyl groups excluding tert-OH is 1. The number of carbonyl (C=O) groups is 1. The molecular weight excluding hydrogens is 703 g/mol. The summed E-state index contributed by atoms with van der Waals surface area (Å²) in [4.78, 5) is 14.7. The van der Waals surface area contributed by atoms with Gasteiger partial charge in [-0.15, -0.1) is 0 Å². The van der Waals surface area contributed by atoms with Crippen molar-refractivity contribution in [2.45, 2.75) is 156 Å². The predicted molar refractivity (Wildman–Crippen MR) is 217 cm³/mol. The second-order valence-electron chi connectivity index (χ2n) is 21.0. The fourth-order valence-electron chi connectivity index (χ4n) is 14.9. The summed E-state index contributed by atoms with van der Waals surface area (Å²) < 4.78 is 26.0. The highest BCUT2D eigenvalue weighted by molar-refractivity contribution is 5.66. The van der Waals surface area contributed by atoms with Gasteiger partial charge in [-0.3, -0.25) is 9.69 Å². The number of ether oxygens (including phenoxy) is 4. The molecule has 1 aromatic carbocycles. The molecule has 14 atom stereocenters. The minimum absolute atomic E-state index is 0.0238. The minimum atomic E-state index is -1.26. The summed E-state index contributed by atoms with van der Waals surface area (Å²) >= 11 is 0. The number of rotatable bonds is 8. The molecule has 0 bridgehead atoms. The third kappa shape index (κ3) is 6.41. The molecule has 1 aromatic rings. The van der Waals surface area contributed by atoms with Gasteiger partial charge in [0.2, 0.25) is 0 Å². The van der Waals surface area contributed by atoms with Crippen LogP contribution in [0, 0.1) is 50.7 Å². The van der Waals surface area contributed by atoms with Crippen molar-refractivity contribution in [2.24, 2.45) is 50.7 Å². The molecule has 2 aliphatic heterocycles. The molecule has 7 aliphatic rings. The van der Waals surface area contributed by atoms with Gasteiger partial charge in [-0.25, -0.2) is 0 Å². The lowest BCUT2D eigenvalue weighted by atomic mass is 9.41. The Labute approximate surface area is 336 Å². The maximum Gasteiger partial charge on any atom is 0.303 e. The van der Waals surface area contributed by atoms with Crippen molar-refractivity contribution in [2.75, 3.05) is 26.2 Å². The van der Waals surface area contributed by atoms with Gasteiger partial charge in [-0.1, -0.05) is 89.2 Å². The van der Waals surface area contributed by atoms with E-state index in [-0.39, 0.29) is 52.0 Å². The molecule has 8 rings (SSSR count). The highest BCUT2D eigenvalue weighted by Crippen LogP contribution is 2.89. The maximum absolute atomic E-state index is 12.7. The van der Waals surface area contributed by atoms with Gasteiger partial charge in [0.1, 0.15) is 0 Å². The third-order valence-corrected chi connectivity index (χ3v) is 17.5. The Kier molecular flexibility index (Phi) is 10.6. The van der Waals surface area contributed by atoms with Crippen molar-refractivity contribution in [3.05, 3.63) is 60.2 Å². The Morgan fingerprint density at radius 1 is 0.964 bits per heavy atom. The van der Waals surface area contributed by atoms with Crippen LogP contribution in [0.5, 0.6) is 0 Å². The summed E-state index contributed by atoms with van der Waals surface area (Å²) in [6.07, 6.45) is 7.56. The molecule has 2 heterocycles. The molecule has 0 radical (unpaired) electrons. The molecule has 2 N–H and O–H groups in total. The number of esters is 1. The zero-order valence-corrected chi connectivity index (χ0v) is 35.5. The molecule has 14 unspecified atom stereocenters. The van der Waals surface area contributed by atoms with E-state index in [2.05, 4.69) is 88.0 Å². The predicted octanol–water partition coefficient (Wildman–Crippen LogP) is 7.91. The van der Waals surface area contributed by atoms with Gasteiger partial charge in [0.15, 0.2) is 12.4 Å². The number of carbonyl (C=O) groups excluding carboxylic acids is 1. The minimum Gasteiger partial charge on any atom is -0.457 e. The smallest absolute Gasteiger partial charge is 0.303 e. The largest absolute Gasteiger partial charge is 0.457 e. The lowest BCUT2D eigenvalue weighted by Crippen LogP contribution is -2.60. The topological polar surface area (TPSA) is 97.7 Å². The van der Waals surface area contributed by atoms with E-state index in [1.54, 1.807) is 13.8 Å². The number of aliphatic hydroxyl groups is 2. The van der Waals surface area contributed by atoms with E-state index in [1.165, 1.54) is 38.2 Å². The van der Waals surface area contributed by atoms with Gasteiger partial charge in [0.05, 0.1) is 36.6 Å². The van der Waals surface area contributed by atoms with Gasteiger partial charge in [0, 0.05) is 32.0 Å². The van der Waals surface area contributed by atoms with Crippen molar-refractivity contribution < 1.29 is 34.0 Å². The zero-order valence-electron chi connectivity index (χ0n) is 35.5. The molecule has 0 aromatic heterocycles. The van der Waals surface area contributed by atoms with Crippen molar-refractivity contribution in [3.63, 3.8) is 0 Å². The van der Waals surface area contributed by atoms with Gasteiger partial charge >= 0.3 is 5.97 Å². The van der Waals surface area contributed by atoms with Crippen LogP contribution in [0.1, 0.15) is 112 Å². The van der Waals surface area contributed by atoms with E-state index in [9.17, 15) is 15.0 Å². The van der Waals surface area contributed by atoms with Crippen LogP contribution >= 0.6 is 0 Å². The van der Waals surface area contributed by atoms with Crippen LogP contribution in [0.15, 0.2) is 54.6 Å². The normalized spacial score (nSPS) is 44.4. The number of fused-ring (bicyclic) bond motifs is 4. The Balaban J connectivity index is 0.959. The van der Waals surface area contributed by atoms with Crippen LogP contribution in [0.2, 0.25) is 0 Å². The van der Waals surface area contributed by atoms with Crippen LogP contribution in [0.4, 0.5) is 0 Å². The van der Waals surface area contributed by atoms with Crippen LogP contribution < -0.4 is 0 Å². The van der Waals surface area contributed by atoms with Gasteiger partial charge in [-0.2, -0.15) is 0 Å². The van der Waals surface area contributed by atoms with Crippen LogP contribution in [-0.4, -0.2) is 89.7 Å². The first-order valence-corrected chi connectivity index (χ1v) is 22.1. The van der Waals surface area contributed by atoms with E-state index in [4.69, 9.17) is 18.9 Å². The fourth-order valence-corrected chi connectivity index (χ4v) is 14.9. The Morgan fingerprint density at radius 2 is 1.62 bits per heavy atom. The van der Waals surface area contributed by atoms with Gasteiger partial charge < -0.3 is 29.2 Å². The lowest BCUT2D eigenvalue weighted by Gasteiger charge is -2.64. The van der Waals surface area contributed by atoms with Crippen LogP contribution in [-0.2, 0) is 30.2 Å². The molecule has 2 saturated heterocycles. The van der Waals surface area contributed by atoms with E-state index in [0.29, 0.717) is 30.3 Å². The molecule has 2 spiro atoms. The zero-order chi connectivity index (χ0) is 39.9. The molecule has 5 saturated carbocycles. The highest BCUT2D eigenvalue weighted by Gasteiger charge is 2.84. The molecule has 5 aliphatic carbocycles. The summed E-state index contributed by atoms with van der Waals surface area (Å²) in [7, 11) is 0. The van der Waals surface area contributed by atoms with Crippen molar-refractivity contribution >= 4 is 5.97 Å². The van der Waals surface area contributed by atoms with E-state index in [1.807, 2.05) is 6.07 Å². The monoisotopic (exact) mass is 774 g/mol. The summed E-state index contributed by atoms with van der Waals surface area (Å²) in [6.45, 7) is 20.3. The molecular formula is C48H71NO7. The summed E-state index contributed by atoms with van der Waals surface area (Å²) in [5.74, 6) is 1.07. The molecule has 0 amide bonds. The van der Waals surface area contributed by atoms with Crippen molar-refractivity contribution in [1.29, 1.82) is 0 Å². The molecule has 8 nitrogen and oxygen atoms in total. The summed E-state index contributed by atoms with van der Waals surface area (Å²) in [6, 6.07) is 19.0. The van der Waals surface area contributed by atoms with Crippen LogP contribution in [0.3, 0.4) is 0 Å². The highest BCUT2D eigenvalue weighted by atomic mass is 16.7. The van der Waals surface area contributed by atoms with E-state index < -0.39 is 29.9 Å². The number of morpholine rings is 1. The Morgan fingerprint density at radius 3 is 2.30 bits per heavy atom. The molecule has 310 valence electrons. The average Bonchev–Trinajstić information content (AvgIpc) is 3.77. The first kappa shape index (κ1) is 40.7. The number of hydrogen-bond donors (Lipinski definition) is 2. The van der Waals surface area contributed by atoms with Crippen molar-refractivity contribution in [3.8, 4) is 0 Å². The van der Waals surface area contributed by atoms with Crippen molar-refractivity contribution in [1.82, 2.24) is 4.90 Å². The third-order valence-electron chi connectivity index (χ3n) is 17.5. The number of hydrogen-bond acceptors (Lipinski definition) is 8. The van der Waals surface area contributed by atoms with Crippen LogP contribution in [0.25, 0.3) is 0 Å². The van der Waals surface area contributed by atoms with E-state index >= 15 is 0 Å². The Bertz CT molecular complexity index is 1650. The molecule has 7 fully saturated rings. The lowest BCUT2D eigenvalue weighted by molar-refractivity contribution is -0.248. The second-order valence-corrected chi connectivity index (χ2v) is 21.0. The number of nitrogens with zero attached hydrogens (tertiary/aromatic N) is 1. The van der Waals surface area contributed by atoms with Gasteiger partial charge in [-0.05, 0) is 123 Å². The second kappa shape index (κ2) is 14.6. The van der Waals surface area contributed by atoms with Gasteiger partial charge in [0.25, 0.3) is 0 Å². The summed E-state index contributed by atoms with van der Waals surface area (Å²) in [5, 5.41) is 23.8. The SMILES string of the molecule is CC(=O)OC(C1CC(C)C2C(O1)C(O)C1(C)C3CCC4C(C)(C)C(OC5CN(CCc6ccccccccc6)CCO5)CCC45CC35CCC21C)C(C)(C)O. The average molecular weight is 774 g/mol. The maximum atomic E-state index is 12.7. The quantitative estimate of drug-likeness (QED) is 0.258. The Hall–Kier alpha value is -2.07. The molecule has 8 heteroatoms. The first-order chi connectivity index (χ1) is 26.5. The fraction of sp³-hybridized carbons (Fsp3) is 0.771. The van der Waals surface area contributed by atoms with E-state index in [0.717, 1.165) is 45.3 Å². The molecule has 56 heavy (non-hydrogen) atoms. The standard InChI is InChI=1S/C48H71NO7/c1-31-28-34(42(44(5,6)52)54-32(2)50)55-40-39(31)45(7)23-24-48-30-47(48)22-20-37(43(3,4)35(47)18-19-36(48)46(45,8)41(40)51)56-38-29-49(26-27-53-38)25-21-33-16-14-12-10-9-11-13-15-17-33/h9-17,31,34-42,51-52H,18-30H2,1-8H3. The first-order valence-electron chi connectivity index (χ1n) is 22.1. The summed E-state index contributed by atoms with van der Waals surface area (Å²) in [5.41, 5.74) is 0.276.